The number of anilines is 1. The predicted molar refractivity (Wildman–Crippen MR) is 68.1 cm³/mol. The van der Waals surface area contributed by atoms with E-state index < -0.39 is 0 Å². The Morgan fingerprint density at radius 1 is 1.59 bits per heavy atom. The van der Waals surface area contributed by atoms with E-state index in [4.69, 9.17) is 10.5 Å². The molecule has 96 valence electrons. The maximum atomic E-state index is 6.03. The van der Waals surface area contributed by atoms with Crippen molar-refractivity contribution in [3.05, 3.63) is 12.4 Å². The Morgan fingerprint density at radius 2 is 2.41 bits per heavy atom. The van der Waals surface area contributed by atoms with Crippen LogP contribution in [-0.2, 0) is 11.3 Å². The average molecular weight is 238 g/mol. The standard InChI is InChI=1S/C12H22N4O/c1-10-8-15(4-3-12(10)13)11-7-14-16(9-11)5-6-17-2/h7,9-10,12H,3-6,8,13H2,1-2H3. The van der Waals surface area contributed by atoms with Crippen LogP contribution in [0.15, 0.2) is 12.4 Å². The molecule has 0 aromatic carbocycles. The van der Waals surface area contributed by atoms with Crippen LogP contribution in [0.25, 0.3) is 0 Å². The highest BCUT2D eigenvalue weighted by atomic mass is 16.5. The van der Waals surface area contributed by atoms with Gasteiger partial charge in [0.15, 0.2) is 0 Å². The van der Waals surface area contributed by atoms with Crippen LogP contribution in [0.4, 0.5) is 5.69 Å². The molecule has 1 saturated heterocycles. The minimum Gasteiger partial charge on any atom is -0.383 e. The summed E-state index contributed by atoms with van der Waals surface area (Å²) in [6.45, 7) is 5.77. The molecular formula is C12H22N4O. The summed E-state index contributed by atoms with van der Waals surface area (Å²) in [5, 5.41) is 4.34. The molecule has 5 heteroatoms. The molecule has 2 atom stereocenters. The van der Waals surface area contributed by atoms with Gasteiger partial charge in [-0.05, 0) is 12.3 Å². The second kappa shape index (κ2) is 5.51. The van der Waals surface area contributed by atoms with Gasteiger partial charge in [0.25, 0.3) is 0 Å². The Morgan fingerprint density at radius 3 is 3.12 bits per heavy atom. The van der Waals surface area contributed by atoms with Crippen molar-refractivity contribution in [2.75, 3.05) is 31.7 Å². The summed E-state index contributed by atoms with van der Waals surface area (Å²) in [5.41, 5.74) is 7.22. The van der Waals surface area contributed by atoms with Crippen molar-refractivity contribution >= 4 is 5.69 Å². The third-order valence-corrected chi connectivity index (χ3v) is 3.48. The molecule has 0 aliphatic carbocycles. The van der Waals surface area contributed by atoms with Crippen molar-refractivity contribution in [2.24, 2.45) is 11.7 Å². The van der Waals surface area contributed by atoms with E-state index in [1.807, 2.05) is 10.9 Å². The van der Waals surface area contributed by atoms with E-state index in [-0.39, 0.29) is 0 Å². The fourth-order valence-electron chi connectivity index (χ4n) is 2.22. The zero-order valence-electron chi connectivity index (χ0n) is 10.7. The van der Waals surface area contributed by atoms with Gasteiger partial charge in [-0.2, -0.15) is 5.10 Å². The SMILES string of the molecule is COCCn1cc(N2CCC(N)C(C)C2)cn1. The first-order valence-electron chi connectivity index (χ1n) is 6.22. The van der Waals surface area contributed by atoms with Gasteiger partial charge in [-0.1, -0.05) is 6.92 Å². The van der Waals surface area contributed by atoms with Gasteiger partial charge >= 0.3 is 0 Å². The van der Waals surface area contributed by atoms with Crippen LogP contribution in [0.2, 0.25) is 0 Å². The number of nitrogens with zero attached hydrogens (tertiary/aromatic N) is 3. The van der Waals surface area contributed by atoms with Crippen LogP contribution in [0, 0.1) is 5.92 Å². The van der Waals surface area contributed by atoms with Crippen LogP contribution in [0.3, 0.4) is 0 Å². The molecule has 0 radical (unpaired) electrons. The predicted octanol–water partition coefficient (Wildman–Crippen LogP) is 0.703. The first kappa shape index (κ1) is 12.4. The highest BCUT2D eigenvalue weighted by Gasteiger charge is 2.23. The molecule has 0 spiro atoms. The fraction of sp³-hybridized carbons (Fsp3) is 0.750. The third-order valence-electron chi connectivity index (χ3n) is 3.48. The lowest BCUT2D eigenvalue weighted by molar-refractivity contribution is 0.183. The molecule has 1 aromatic rings. The molecule has 1 aromatic heterocycles. The Bertz CT molecular complexity index is 352. The summed E-state index contributed by atoms with van der Waals surface area (Å²) < 4.78 is 6.97. The molecule has 2 N–H and O–H groups in total. The molecule has 1 aliphatic heterocycles. The number of aromatic nitrogens is 2. The van der Waals surface area contributed by atoms with Crippen molar-refractivity contribution in [1.82, 2.24) is 9.78 Å². The normalized spacial score (nSPS) is 25.2. The fourth-order valence-corrected chi connectivity index (χ4v) is 2.22. The molecule has 1 fully saturated rings. The van der Waals surface area contributed by atoms with E-state index >= 15 is 0 Å². The highest BCUT2D eigenvalue weighted by Crippen LogP contribution is 2.21. The summed E-state index contributed by atoms with van der Waals surface area (Å²) in [6, 6.07) is 0.342. The maximum absolute atomic E-state index is 6.03. The summed E-state index contributed by atoms with van der Waals surface area (Å²) in [5.74, 6) is 0.547. The van der Waals surface area contributed by atoms with Crippen molar-refractivity contribution in [2.45, 2.75) is 25.9 Å². The van der Waals surface area contributed by atoms with Gasteiger partial charge in [0.05, 0.1) is 25.0 Å². The van der Waals surface area contributed by atoms with Gasteiger partial charge in [0.2, 0.25) is 0 Å². The van der Waals surface area contributed by atoms with E-state index in [0.717, 1.165) is 26.1 Å². The molecule has 1 aliphatic rings. The van der Waals surface area contributed by atoms with Crippen molar-refractivity contribution in [3.63, 3.8) is 0 Å². The number of hydrogen-bond donors (Lipinski definition) is 1. The minimum absolute atomic E-state index is 0.342. The highest BCUT2D eigenvalue weighted by molar-refractivity contribution is 5.43. The number of rotatable bonds is 4. The lowest BCUT2D eigenvalue weighted by Gasteiger charge is -2.35. The van der Waals surface area contributed by atoms with Crippen LogP contribution in [0.5, 0.6) is 0 Å². The van der Waals surface area contributed by atoms with Gasteiger partial charge in [-0.3, -0.25) is 4.68 Å². The number of piperidine rings is 1. The van der Waals surface area contributed by atoms with Crippen LogP contribution in [0.1, 0.15) is 13.3 Å². The van der Waals surface area contributed by atoms with Gasteiger partial charge < -0.3 is 15.4 Å². The summed E-state index contributed by atoms with van der Waals surface area (Å²) in [6.07, 6.45) is 5.08. The Kier molecular flexibility index (Phi) is 4.02. The van der Waals surface area contributed by atoms with Crippen LogP contribution < -0.4 is 10.6 Å². The lowest BCUT2D eigenvalue weighted by Crippen LogP contribution is -2.45. The number of hydrogen-bond acceptors (Lipinski definition) is 4. The minimum atomic E-state index is 0.342. The second-order valence-corrected chi connectivity index (χ2v) is 4.83. The Balaban J connectivity index is 1.95. The van der Waals surface area contributed by atoms with Crippen molar-refractivity contribution in [1.29, 1.82) is 0 Å². The smallest absolute Gasteiger partial charge is 0.0752 e. The third kappa shape index (κ3) is 2.98. The topological polar surface area (TPSA) is 56.3 Å². The summed E-state index contributed by atoms with van der Waals surface area (Å²) in [4.78, 5) is 2.37. The van der Waals surface area contributed by atoms with Gasteiger partial charge in [0.1, 0.15) is 0 Å². The van der Waals surface area contributed by atoms with Gasteiger partial charge in [0, 0.05) is 32.4 Å². The molecule has 0 amide bonds. The summed E-state index contributed by atoms with van der Waals surface area (Å²) in [7, 11) is 1.71. The molecular weight excluding hydrogens is 216 g/mol. The Hall–Kier alpha value is -1.07. The van der Waals surface area contributed by atoms with E-state index in [9.17, 15) is 0 Å². The molecule has 17 heavy (non-hydrogen) atoms. The zero-order chi connectivity index (χ0) is 12.3. The molecule has 0 saturated carbocycles. The van der Waals surface area contributed by atoms with E-state index in [2.05, 4.69) is 23.1 Å². The molecule has 2 heterocycles. The molecule has 2 unspecified atom stereocenters. The Labute approximate surface area is 103 Å². The quantitative estimate of drug-likeness (QED) is 0.839. The number of nitrogens with two attached hydrogens (primary N) is 1. The van der Waals surface area contributed by atoms with Crippen molar-refractivity contribution in [3.8, 4) is 0 Å². The average Bonchev–Trinajstić information content (AvgIpc) is 2.79. The first-order chi connectivity index (χ1) is 8.20. The largest absolute Gasteiger partial charge is 0.383 e. The molecule has 0 bridgehead atoms. The second-order valence-electron chi connectivity index (χ2n) is 4.83. The zero-order valence-corrected chi connectivity index (χ0v) is 10.7. The summed E-state index contributed by atoms with van der Waals surface area (Å²) >= 11 is 0. The molecule has 5 nitrogen and oxygen atoms in total. The molecule has 2 rings (SSSR count). The monoisotopic (exact) mass is 238 g/mol. The first-order valence-corrected chi connectivity index (χ1v) is 6.22. The number of ether oxygens (including phenoxy) is 1. The van der Waals surface area contributed by atoms with Crippen LogP contribution in [-0.4, -0.2) is 42.6 Å². The van der Waals surface area contributed by atoms with Crippen LogP contribution >= 0.6 is 0 Å². The van der Waals surface area contributed by atoms with E-state index in [1.165, 1.54) is 5.69 Å². The van der Waals surface area contributed by atoms with Crippen molar-refractivity contribution < 1.29 is 4.74 Å². The van der Waals surface area contributed by atoms with E-state index in [0.29, 0.717) is 18.6 Å². The maximum Gasteiger partial charge on any atom is 0.0752 e. The number of methoxy groups -OCH3 is 1. The van der Waals surface area contributed by atoms with Gasteiger partial charge in [-0.25, -0.2) is 0 Å². The van der Waals surface area contributed by atoms with E-state index in [1.54, 1.807) is 7.11 Å². The van der Waals surface area contributed by atoms with Gasteiger partial charge in [-0.15, -0.1) is 0 Å². The lowest BCUT2D eigenvalue weighted by atomic mass is 9.95.